The molecule has 0 aliphatic carbocycles. The van der Waals surface area contributed by atoms with Gasteiger partial charge in [-0.1, -0.05) is 12.1 Å². The lowest BCUT2D eigenvalue weighted by Gasteiger charge is -2.24. The van der Waals surface area contributed by atoms with Gasteiger partial charge in [-0.05, 0) is 24.8 Å². The molecular formula is C16H21N3O3S2. The van der Waals surface area contributed by atoms with Gasteiger partial charge in [0.2, 0.25) is 5.91 Å². The molecule has 1 fully saturated rings. The molecule has 2 aromatic rings. The second-order valence-electron chi connectivity index (χ2n) is 6.10. The van der Waals surface area contributed by atoms with Crippen molar-refractivity contribution in [2.75, 3.05) is 24.8 Å². The van der Waals surface area contributed by atoms with Crippen molar-refractivity contribution < 1.29 is 13.2 Å². The monoisotopic (exact) mass is 367 g/mol. The molecule has 8 heteroatoms. The zero-order valence-corrected chi connectivity index (χ0v) is 15.4. The highest BCUT2D eigenvalue weighted by molar-refractivity contribution is 7.97. The number of aromatic nitrogens is 2. The highest BCUT2D eigenvalue weighted by atomic mass is 32.2. The first-order valence-corrected chi connectivity index (χ1v) is 11.0. The van der Waals surface area contributed by atoms with Crippen LogP contribution in [0.1, 0.15) is 12.2 Å². The van der Waals surface area contributed by atoms with Crippen molar-refractivity contribution in [3.63, 3.8) is 0 Å². The summed E-state index contributed by atoms with van der Waals surface area (Å²) >= 11 is 1.66. The molecule has 1 atom stereocenters. The average Bonchev–Trinajstić information content (AvgIpc) is 3.08. The Balaban J connectivity index is 1.83. The van der Waals surface area contributed by atoms with Crippen LogP contribution < -0.4 is 0 Å². The number of thioether (sulfide) groups is 1. The number of nitrogens with zero attached hydrogens (tertiary/aromatic N) is 3. The Morgan fingerprint density at radius 1 is 1.42 bits per heavy atom. The second kappa shape index (κ2) is 6.76. The van der Waals surface area contributed by atoms with Gasteiger partial charge in [0.25, 0.3) is 0 Å². The topological polar surface area (TPSA) is 72.3 Å². The van der Waals surface area contributed by atoms with Gasteiger partial charge in [-0.25, -0.2) is 13.4 Å². The Hall–Kier alpha value is -1.54. The first-order valence-electron chi connectivity index (χ1n) is 7.80. The van der Waals surface area contributed by atoms with Crippen molar-refractivity contribution in [2.45, 2.75) is 24.8 Å². The van der Waals surface area contributed by atoms with Gasteiger partial charge in [-0.3, -0.25) is 4.79 Å². The zero-order chi connectivity index (χ0) is 17.3. The minimum atomic E-state index is -3.00. The van der Waals surface area contributed by atoms with Crippen LogP contribution in [0.4, 0.5) is 0 Å². The van der Waals surface area contributed by atoms with Gasteiger partial charge in [0, 0.05) is 13.1 Å². The lowest BCUT2D eigenvalue weighted by atomic mass is 10.2. The summed E-state index contributed by atoms with van der Waals surface area (Å²) in [6.45, 7) is 0.184. The number of imidazole rings is 1. The number of carbonyl (C=O) groups excluding carboxylic acids is 1. The van der Waals surface area contributed by atoms with Crippen molar-refractivity contribution >= 4 is 38.5 Å². The van der Waals surface area contributed by atoms with Crippen LogP contribution >= 0.6 is 11.8 Å². The Labute approximate surface area is 146 Å². The van der Waals surface area contributed by atoms with Crippen molar-refractivity contribution in [1.29, 1.82) is 0 Å². The van der Waals surface area contributed by atoms with Gasteiger partial charge < -0.3 is 9.47 Å². The van der Waals surface area contributed by atoms with Crippen LogP contribution in [0.15, 0.2) is 24.3 Å². The molecule has 2 heterocycles. The number of hydrogen-bond donors (Lipinski definition) is 0. The molecule has 24 heavy (non-hydrogen) atoms. The number of para-hydroxylation sites is 2. The maximum atomic E-state index is 12.7. The fraction of sp³-hybridized carbons (Fsp3) is 0.500. The summed E-state index contributed by atoms with van der Waals surface area (Å²) in [5.74, 6) is 1.74. The van der Waals surface area contributed by atoms with Crippen LogP contribution in [-0.2, 0) is 26.9 Å². The summed E-state index contributed by atoms with van der Waals surface area (Å²) in [5.41, 5.74) is 1.81. The molecule has 6 nitrogen and oxygen atoms in total. The standard InChI is InChI=1S/C16H21N3O3S2/c1-18(12-7-8-24(21,22)11-12)16(20)9-19-14-6-4-3-5-13(14)17-15(19)10-23-2/h3-6,12H,7-11H2,1-2H3. The Bertz CT molecular complexity index is 861. The Morgan fingerprint density at radius 2 is 2.17 bits per heavy atom. The summed E-state index contributed by atoms with van der Waals surface area (Å²) < 4.78 is 25.2. The van der Waals surface area contributed by atoms with Gasteiger partial charge in [-0.2, -0.15) is 11.8 Å². The smallest absolute Gasteiger partial charge is 0.242 e. The van der Waals surface area contributed by atoms with Crippen molar-refractivity contribution in [1.82, 2.24) is 14.5 Å². The second-order valence-corrected chi connectivity index (χ2v) is 9.19. The minimum Gasteiger partial charge on any atom is -0.340 e. The first kappa shape index (κ1) is 17.3. The number of fused-ring (bicyclic) bond motifs is 1. The molecule has 0 bridgehead atoms. The molecule has 0 spiro atoms. The van der Waals surface area contributed by atoms with E-state index in [1.165, 1.54) is 0 Å². The van der Waals surface area contributed by atoms with Gasteiger partial charge in [0.05, 0.1) is 28.3 Å². The molecule has 1 aromatic heterocycles. The molecule has 1 amide bonds. The number of benzene rings is 1. The first-order chi connectivity index (χ1) is 11.4. The fourth-order valence-electron chi connectivity index (χ4n) is 3.07. The van der Waals surface area contributed by atoms with E-state index in [0.717, 1.165) is 22.6 Å². The molecule has 1 aliphatic rings. The Kier molecular flexibility index (Phi) is 4.87. The summed E-state index contributed by atoms with van der Waals surface area (Å²) in [6, 6.07) is 7.54. The third-order valence-corrected chi connectivity index (χ3v) is 6.75. The predicted octanol–water partition coefficient (Wildman–Crippen LogP) is 1.54. The van der Waals surface area contributed by atoms with E-state index < -0.39 is 9.84 Å². The summed E-state index contributed by atoms with van der Waals surface area (Å²) in [4.78, 5) is 18.9. The highest BCUT2D eigenvalue weighted by Gasteiger charge is 2.32. The third-order valence-electron chi connectivity index (χ3n) is 4.45. The van der Waals surface area contributed by atoms with Crippen LogP contribution in [0.5, 0.6) is 0 Å². The van der Waals surface area contributed by atoms with Crippen LogP contribution in [-0.4, -0.2) is 59.6 Å². The average molecular weight is 367 g/mol. The van der Waals surface area contributed by atoms with E-state index in [4.69, 9.17) is 0 Å². The van der Waals surface area contributed by atoms with E-state index in [9.17, 15) is 13.2 Å². The Morgan fingerprint density at radius 3 is 2.83 bits per heavy atom. The van der Waals surface area contributed by atoms with Crippen LogP contribution in [0.25, 0.3) is 11.0 Å². The van der Waals surface area contributed by atoms with Gasteiger partial charge in [-0.15, -0.1) is 0 Å². The molecule has 1 aliphatic heterocycles. The van der Waals surface area contributed by atoms with E-state index in [1.54, 1.807) is 23.7 Å². The number of rotatable bonds is 5. The van der Waals surface area contributed by atoms with E-state index in [2.05, 4.69) is 4.98 Å². The van der Waals surface area contributed by atoms with E-state index >= 15 is 0 Å². The SMILES string of the molecule is CSCc1nc2ccccc2n1CC(=O)N(C)C1CCS(=O)(=O)C1. The predicted molar refractivity (Wildman–Crippen MR) is 96.8 cm³/mol. The van der Waals surface area contributed by atoms with E-state index in [0.29, 0.717) is 6.42 Å². The summed E-state index contributed by atoms with van der Waals surface area (Å²) in [5, 5.41) is 0. The lowest BCUT2D eigenvalue weighted by molar-refractivity contribution is -0.132. The normalized spacial score (nSPS) is 19.7. The van der Waals surface area contributed by atoms with E-state index in [-0.39, 0.29) is 30.0 Å². The van der Waals surface area contributed by atoms with Gasteiger partial charge in [0.1, 0.15) is 12.4 Å². The molecule has 0 N–H and O–H groups in total. The minimum absolute atomic E-state index is 0.0670. The largest absolute Gasteiger partial charge is 0.340 e. The van der Waals surface area contributed by atoms with E-state index in [1.807, 2.05) is 35.1 Å². The van der Waals surface area contributed by atoms with Gasteiger partial charge >= 0.3 is 0 Å². The quantitative estimate of drug-likeness (QED) is 0.802. The molecule has 1 unspecified atom stereocenters. The number of carbonyl (C=O) groups is 1. The molecule has 0 saturated carbocycles. The highest BCUT2D eigenvalue weighted by Crippen LogP contribution is 2.21. The van der Waals surface area contributed by atoms with Crippen molar-refractivity contribution in [3.05, 3.63) is 30.1 Å². The number of sulfone groups is 1. The lowest BCUT2D eigenvalue weighted by Crippen LogP contribution is -2.39. The maximum absolute atomic E-state index is 12.7. The molecule has 1 aromatic carbocycles. The summed E-state index contributed by atoms with van der Waals surface area (Å²) in [6.07, 6.45) is 2.52. The third kappa shape index (κ3) is 3.44. The number of amides is 1. The van der Waals surface area contributed by atoms with Crippen LogP contribution in [0.2, 0.25) is 0 Å². The zero-order valence-electron chi connectivity index (χ0n) is 13.8. The fourth-order valence-corrected chi connectivity index (χ4v) is 5.33. The molecule has 1 saturated heterocycles. The molecular weight excluding hydrogens is 346 g/mol. The molecule has 130 valence electrons. The summed E-state index contributed by atoms with van der Waals surface area (Å²) in [7, 11) is -1.31. The molecule has 0 radical (unpaired) electrons. The van der Waals surface area contributed by atoms with Gasteiger partial charge in [0.15, 0.2) is 9.84 Å². The maximum Gasteiger partial charge on any atom is 0.242 e. The molecule has 3 rings (SSSR count). The number of likely N-dealkylation sites (N-methyl/N-ethyl adjacent to an activating group) is 1. The van der Waals surface area contributed by atoms with Crippen molar-refractivity contribution in [3.8, 4) is 0 Å². The van der Waals surface area contributed by atoms with Crippen molar-refractivity contribution in [2.24, 2.45) is 0 Å². The number of hydrogen-bond acceptors (Lipinski definition) is 5. The van der Waals surface area contributed by atoms with Crippen LogP contribution in [0, 0.1) is 0 Å². The van der Waals surface area contributed by atoms with Crippen LogP contribution in [0.3, 0.4) is 0 Å².